The molecule has 3 nitrogen and oxygen atoms in total. The molecule has 3 unspecified atom stereocenters. The van der Waals surface area contributed by atoms with Crippen molar-refractivity contribution in [2.45, 2.75) is 89.8 Å². The highest BCUT2D eigenvalue weighted by Crippen LogP contribution is 2.52. The molecule has 0 radical (unpaired) electrons. The van der Waals surface area contributed by atoms with Crippen molar-refractivity contribution in [2.24, 2.45) is 5.41 Å². The van der Waals surface area contributed by atoms with Crippen molar-refractivity contribution in [3.05, 3.63) is 82.4 Å². The number of hydrogen-bond donors (Lipinski definition) is 1. The first-order chi connectivity index (χ1) is 16.5. The molecule has 1 aliphatic heterocycles. The Kier molecular flexibility index (Phi) is 9.12. The highest BCUT2D eigenvalue weighted by atomic mass is 35.5. The fourth-order valence-corrected chi connectivity index (χ4v) is 5.92. The van der Waals surface area contributed by atoms with Crippen LogP contribution in [0.1, 0.15) is 89.3 Å². The number of nitrogens with zero attached hydrogens (tertiary/aromatic N) is 1. The van der Waals surface area contributed by atoms with Crippen LogP contribution in [-0.4, -0.2) is 27.6 Å². The summed E-state index contributed by atoms with van der Waals surface area (Å²) >= 11 is 12.7. The third-order valence-corrected chi connectivity index (χ3v) is 7.86. The second kappa shape index (κ2) is 11.5. The van der Waals surface area contributed by atoms with E-state index in [9.17, 15) is 9.90 Å². The number of rotatable bonds is 10. The summed E-state index contributed by atoms with van der Waals surface area (Å²) in [6.07, 6.45) is 6.41. The van der Waals surface area contributed by atoms with E-state index in [0.717, 1.165) is 30.4 Å². The van der Waals surface area contributed by atoms with E-state index in [4.69, 9.17) is 23.2 Å². The monoisotopic (exact) mass is 515 g/mol. The summed E-state index contributed by atoms with van der Waals surface area (Å²) in [7, 11) is 0. The summed E-state index contributed by atoms with van der Waals surface area (Å²) in [6, 6.07) is 15.9. The maximum atomic E-state index is 14.3. The van der Waals surface area contributed by atoms with E-state index in [-0.39, 0.29) is 23.9 Å². The summed E-state index contributed by atoms with van der Waals surface area (Å²) in [5, 5.41) is 11.6. The summed E-state index contributed by atoms with van der Waals surface area (Å²) in [4.78, 5) is 16.4. The van der Waals surface area contributed by atoms with Crippen LogP contribution in [0, 0.1) is 5.41 Å². The molecular formula is C30H39Cl2NO2. The lowest BCUT2D eigenvalue weighted by molar-refractivity contribution is -0.155. The minimum atomic E-state index is -0.722. The summed E-state index contributed by atoms with van der Waals surface area (Å²) in [5.74, 6) is 0.242. The van der Waals surface area contributed by atoms with Crippen LogP contribution in [-0.2, 0) is 4.79 Å². The van der Waals surface area contributed by atoms with E-state index in [2.05, 4.69) is 31.4 Å². The van der Waals surface area contributed by atoms with Crippen molar-refractivity contribution in [3.63, 3.8) is 0 Å². The van der Waals surface area contributed by atoms with Crippen LogP contribution in [0.2, 0.25) is 10.0 Å². The van der Waals surface area contributed by atoms with Gasteiger partial charge in [-0.25, -0.2) is 0 Å². The number of hydrogen-bond acceptors (Lipinski definition) is 2. The molecule has 5 heteroatoms. The van der Waals surface area contributed by atoms with E-state index in [1.54, 1.807) is 0 Å². The van der Waals surface area contributed by atoms with Gasteiger partial charge in [-0.15, -0.1) is 6.58 Å². The second-order valence-corrected chi connectivity index (χ2v) is 11.8. The Balaban J connectivity index is 2.13. The maximum absolute atomic E-state index is 14.3. The molecule has 0 aromatic heterocycles. The Morgan fingerprint density at radius 2 is 1.86 bits per heavy atom. The van der Waals surface area contributed by atoms with Crippen molar-refractivity contribution < 1.29 is 9.90 Å². The molecule has 1 N–H and O–H groups in total. The fourth-order valence-electron chi connectivity index (χ4n) is 5.60. The molecule has 3 rings (SSSR count). The third-order valence-electron chi connectivity index (χ3n) is 7.38. The largest absolute Gasteiger partial charge is 0.390 e. The lowest BCUT2D eigenvalue weighted by atomic mass is 9.67. The zero-order valence-corrected chi connectivity index (χ0v) is 22.9. The van der Waals surface area contributed by atoms with Gasteiger partial charge in [0, 0.05) is 22.0 Å². The van der Waals surface area contributed by atoms with Crippen molar-refractivity contribution in [1.82, 2.24) is 4.90 Å². The normalized spacial score (nSPS) is 23.9. The number of halogens is 2. The number of likely N-dealkylation sites (tertiary alicyclic amines) is 1. The minimum absolute atomic E-state index is 0.0525. The van der Waals surface area contributed by atoms with Crippen molar-refractivity contribution >= 4 is 29.1 Å². The van der Waals surface area contributed by atoms with Gasteiger partial charge >= 0.3 is 0 Å². The van der Waals surface area contributed by atoms with E-state index in [0.29, 0.717) is 29.3 Å². The quantitative estimate of drug-likeness (QED) is 0.322. The molecule has 0 bridgehead atoms. The van der Waals surface area contributed by atoms with Gasteiger partial charge in [-0.2, -0.15) is 0 Å². The van der Waals surface area contributed by atoms with Crippen LogP contribution in [0.15, 0.2) is 61.2 Å². The Labute approximate surface area is 221 Å². The Morgan fingerprint density at radius 1 is 1.17 bits per heavy atom. The van der Waals surface area contributed by atoms with Crippen molar-refractivity contribution in [1.29, 1.82) is 0 Å². The zero-order valence-electron chi connectivity index (χ0n) is 21.4. The molecule has 2 aromatic carbocycles. The number of carbonyl (C=O) groups is 1. The number of carbonyl (C=O) groups excluding carboxylic acids is 1. The fraction of sp³-hybridized carbons (Fsp3) is 0.500. The van der Waals surface area contributed by atoms with Crippen LogP contribution in [0.3, 0.4) is 0 Å². The van der Waals surface area contributed by atoms with Gasteiger partial charge in [-0.3, -0.25) is 4.79 Å². The predicted octanol–water partition coefficient (Wildman–Crippen LogP) is 8.35. The van der Waals surface area contributed by atoms with Gasteiger partial charge in [-0.1, -0.05) is 67.4 Å². The topological polar surface area (TPSA) is 40.5 Å². The van der Waals surface area contributed by atoms with Crippen LogP contribution in [0.5, 0.6) is 0 Å². The van der Waals surface area contributed by atoms with E-state index >= 15 is 0 Å². The van der Waals surface area contributed by atoms with E-state index < -0.39 is 11.0 Å². The Hall–Kier alpha value is -1.81. The number of allylic oxidation sites excluding steroid dienone is 1. The lowest BCUT2D eigenvalue weighted by Gasteiger charge is -2.52. The predicted molar refractivity (Wildman–Crippen MR) is 147 cm³/mol. The first kappa shape index (κ1) is 27.8. The number of piperidine rings is 1. The smallest absolute Gasteiger partial charge is 0.229 e. The molecule has 1 heterocycles. The highest BCUT2D eigenvalue weighted by Gasteiger charge is 2.50. The molecule has 2 aromatic rings. The lowest BCUT2D eigenvalue weighted by Crippen LogP contribution is -2.55. The molecule has 1 amide bonds. The van der Waals surface area contributed by atoms with Gasteiger partial charge in [0.15, 0.2) is 0 Å². The second-order valence-electron chi connectivity index (χ2n) is 10.9. The molecule has 190 valence electrons. The molecular weight excluding hydrogens is 477 g/mol. The van der Waals surface area contributed by atoms with Gasteiger partial charge in [0.05, 0.1) is 17.1 Å². The van der Waals surface area contributed by atoms with Gasteiger partial charge < -0.3 is 10.0 Å². The minimum Gasteiger partial charge on any atom is -0.390 e. The van der Waals surface area contributed by atoms with Gasteiger partial charge in [0.1, 0.15) is 0 Å². The molecule has 35 heavy (non-hydrogen) atoms. The highest BCUT2D eigenvalue weighted by molar-refractivity contribution is 6.30. The standard InChI is InChI=1S/C30H39Cl2NO2/c1-6-17-30(5)20-26(22-10-8-11-24(32)19-22)27(21-13-15-23(31)16-14-21)33(28(30)34)25(7-2)12-9-18-29(3,4)35/h6,8,10-11,13-16,19,25-27,35H,1,7,9,12,17-18,20H2,2-5H3/t25-,26?,27?,30?/m0/s1. The van der Waals surface area contributed by atoms with Crippen molar-refractivity contribution in [3.8, 4) is 0 Å². The van der Waals surface area contributed by atoms with Crippen LogP contribution < -0.4 is 0 Å². The number of amides is 1. The first-order valence-corrected chi connectivity index (χ1v) is 13.4. The van der Waals surface area contributed by atoms with E-state index in [1.807, 2.05) is 62.4 Å². The zero-order chi connectivity index (χ0) is 25.8. The Bertz CT molecular complexity index is 1010. The average molecular weight is 517 g/mol. The Morgan fingerprint density at radius 3 is 2.43 bits per heavy atom. The first-order valence-electron chi connectivity index (χ1n) is 12.7. The summed E-state index contributed by atoms with van der Waals surface area (Å²) in [6.45, 7) is 11.9. The SMILES string of the molecule is C=CCC1(C)CC(c2cccc(Cl)c2)C(c2ccc(Cl)cc2)N([C@@H](CC)CCCC(C)(C)O)C1=O. The van der Waals surface area contributed by atoms with Crippen LogP contribution >= 0.6 is 23.2 Å². The molecule has 1 saturated heterocycles. The molecule has 0 aliphatic carbocycles. The molecule has 0 saturated carbocycles. The number of benzene rings is 2. The molecule has 1 aliphatic rings. The van der Waals surface area contributed by atoms with E-state index in [1.165, 1.54) is 0 Å². The van der Waals surface area contributed by atoms with Gasteiger partial charge in [0.25, 0.3) is 0 Å². The molecule has 0 spiro atoms. The van der Waals surface area contributed by atoms with Gasteiger partial charge in [-0.05, 0) is 87.8 Å². The number of aliphatic hydroxyl groups is 1. The third kappa shape index (κ3) is 6.70. The summed E-state index contributed by atoms with van der Waals surface area (Å²) < 4.78 is 0. The molecule has 4 atom stereocenters. The van der Waals surface area contributed by atoms with Crippen molar-refractivity contribution in [2.75, 3.05) is 0 Å². The average Bonchev–Trinajstić information content (AvgIpc) is 2.79. The van der Waals surface area contributed by atoms with Gasteiger partial charge in [0.2, 0.25) is 5.91 Å². The maximum Gasteiger partial charge on any atom is 0.229 e. The molecule has 1 fully saturated rings. The van der Waals surface area contributed by atoms with Crippen LogP contribution in [0.4, 0.5) is 0 Å². The van der Waals surface area contributed by atoms with Crippen LogP contribution in [0.25, 0.3) is 0 Å². The summed E-state index contributed by atoms with van der Waals surface area (Å²) in [5.41, 5.74) is 0.938.